The second-order valence-electron chi connectivity index (χ2n) is 4.41. The molecule has 1 fully saturated rings. The van der Waals surface area contributed by atoms with Crippen molar-refractivity contribution in [2.24, 2.45) is 0 Å². The molecular formula is C11H12BrN3O. The van der Waals surface area contributed by atoms with E-state index in [0.29, 0.717) is 24.2 Å². The molecule has 1 saturated carbocycles. The summed E-state index contributed by atoms with van der Waals surface area (Å²) < 4.78 is 0.787. The maximum absolute atomic E-state index is 9.60. The molecule has 0 aliphatic heterocycles. The molecule has 16 heavy (non-hydrogen) atoms. The van der Waals surface area contributed by atoms with E-state index >= 15 is 0 Å². The molecule has 0 atom stereocenters. The van der Waals surface area contributed by atoms with Crippen LogP contribution in [0.15, 0.2) is 16.7 Å². The summed E-state index contributed by atoms with van der Waals surface area (Å²) in [6.07, 6.45) is 3.03. The fraction of sp³-hybridized carbons (Fsp3) is 0.455. The molecule has 1 aromatic heterocycles. The summed E-state index contributed by atoms with van der Waals surface area (Å²) in [5.74, 6) is 0.589. The van der Waals surface area contributed by atoms with E-state index in [2.05, 4.69) is 32.3 Å². The zero-order valence-electron chi connectivity index (χ0n) is 8.87. The number of nitriles is 1. The number of aromatic nitrogens is 1. The number of nitrogens with zero attached hydrogens (tertiary/aromatic N) is 2. The number of hydrogen-bond donors (Lipinski definition) is 2. The van der Waals surface area contributed by atoms with Gasteiger partial charge in [-0.3, -0.25) is 0 Å². The first-order valence-corrected chi connectivity index (χ1v) is 5.84. The van der Waals surface area contributed by atoms with Gasteiger partial charge in [-0.15, -0.1) is 0 Å². The van der Waals surface area contributed by atoms with Crippen molar-refractivity contribution >= 4 is 21.7 Å². The predicted molar refractivity (Wildman–Crippen MR) is 63.9 cm³/mol. The summed E-state index contributed by atoms with van der Waals surface area (Å²) in [4.78, 5) is 4.16. The third-order valence-corrected chi connectivity index (χ3v) is 3.12. The molecule has 84 valence electrons. The SMILES string of the molecule is CC1(O)CC(Nc2ncc(Br)cc2C#N)C1. The van der Waals surface area contributed by atoms with Crippen molar-refractivity contribution in [3.63, 3.8) is 0 Å². The Morgan fingerprint density at radius 1 is 1.69 bits per heavy atom. The Morgan fingerprint density at radius 3 is 2.94 bits per heavy atom. The van der Waals surface area contributed by atoms with E-state index in [0.717, 1.165) is 4.47 Å². The van der Waals surface area contributed by atoms with Crippen molar-refractivity contribution in [1.82, 2.24) is 4.98 Å². The Balaban J connectivity index is 2.08. The van der Waals surface area contributed by atoms with Crippen molar-refractivity contribution in [3.8, 4) is 6.07 Å². The number of rotatable bonds is 2. The first kappa shape index (κ1) is 11.4. The van der Waals surface area contributed by atoms with E-state index in [9.17, 15) is 5.11 Å². The average molecular weight is 282 g/mol. The number of halogens is 1. The van der Waals surface area contributed by atoms with Gasteiger partial charge in [-0.1, -0.05) is 0 Å². The van der Waals surface area contributed by atoms with Crippen LogP contribution in [0.4, 0.5) is 5.82 Å². The molecule has 4 nitrogen and oxygen atoms in total. The third kappa shape index (κ3) is 2.34. The quantitative estimate of drug-likeness (QED) is 0.871. The Bertz CT molecular complexity index is 445. The Morgan fingerprint density at radius 2 is 2.38 bits per heavy atom. The highest BCUT2D eigenvalue weighted by molar-refractivity contribution is 9.10. The van der Waals surface area contributed by atoms with Gasteiger partial charge in [0.1, 0.15) is 11.9 Å². The van der Waals surface area contributed by atoms with E-state index in [4.69, 9.17) is 5.26 Å². The lowest BCUT2D eigenvalue weighted by Gasteiger charge is -2.41. The van der Waals surface area contributed by atoms with E-state index in [1.807, 2.05) is 6.92 Å². The monoisotopic (exact) mass is 281 g/mol. The third-order valence-electron chi connectivity index (χ3n) is 2.69. The highest BCUT2D eigenvalue weighted by Gasteiger charge is 2.38. The van der Waals surface area contributed by atoms with E-state index < -0.39 is 5.60 Å². The summed E-state index contributed by atoms with van der Waals surface area (Å²) in [5.41, 5.74) is -0.0549. The maximum Gasteiger partial charge on any atom is 0.144 e. The van der Waals surface area contributed by atoms with Crippen LogP contribution in [0.1, 0.15) is 25.3 Å². The van der Waals surface area contributed by atoms with Crippen molar-refractivity contribution in [2.45, 2.75) is 31.4 Å². The minimum Gasteiger partial charge on any atom is -0.390 e. The van der Waals surface area contributed by atoms with Crippen molar-refractivity contribution < 1.29 is 5.11 Å². The van der Waals surface area contributed by atoms with Crippen LogP contribution < -0.4 is 5.32 Å². The van der Waals surface area contributed by atoms with Crippen LogP contribution in [0.25, 0.3) is 0 Å². The first-order valence-electron chi connectivity index (χ1n) is 5.05. The molecule has 0 aromatic carbocycles. The lowest BCUT2D eigenvalue weighted by atomic mass is 9.77. The number of hydrogen-bond acceptors (Lipinski definition) is 4. The van der Waals surface area contributed by atoms with Gasteiger partial charge in [0.25, 0.3) is 0 Å². The average Bonchev–Trinajstić information content (AvgIpc) is 2.18. The van der Waals surface area contributed by atoms with Crippen LogP contribution in [-0.2, 0) is 0 Å². The van der Waals surface area contributed by atoms with Crippen LogP contribution >= 0.6 is 15.9 Å². The number of aliphatic hydroxyl groups is 1. The molecule has 0 spiro atoms. The van der Waals surface area contributed by atoms with Crippen LogP contribution in [0.3, 0.4) is 0 Å². The highest BCUT2D eigenvalue weighted by Crippen LogP contribution is 2.34. The minimum atomic E-state index is -0.570. The largest absolute Gasteiger partial charge is 0.390 e. The lowest BCUT2D eigenvalue weighted by Crippen LogP contribution is -2.48. The van der Waals surface area contributed by atoms with Gasteiger partial charge in [0.15, 0.2) is 0 Å². The number of anilines is 1. The molecule has 5 heteroatoms. The fourth-order valence-electron chi connectivity index (χ4n) is 1.94. The summed E-state index contributed by atoms with van der Waals surface area (Å²) in [6.45, 7) is 1.81. The molecule has 0 amide bonds. The van der Waals surface area contributed by atoms with E-state index in [1.54, 1.807) is 12.3 Å². The molecule has 2 N–H and O–H groups in total. The molecular weight excluding hydrogens is 270 g/mol. The van der Waals surface area contributed by atoms with Gasteiger partial charge in [0.2, 0.25) is 0 Å². The maximum atomic E-state index is 9.60. The Kier molecular flexibility index (Phi) is 2.87. The van der Waals surface area contributed by atoms with Crippen molar-refractivity contribution in [1.29, 1.82) is 5.26 Å². The summed E-state index contributed by atoms with van der Waals surface area (Å²) in [6, 6.07) is 4.03. The van der Waals surface area contributed by atoms with Gasteiger partial charge in [0.05, 0.1) is 11.2 Å². The van der Waals surface area contributed by atoms with Crippen LogP contribution in [0, 0.1) is 11.3 Å². The Labute approximate surface area is 102 Å². The van der Waals surface area contributed by atoms with Gasteiger partial charge >= 0.3 is 0 Å². The molecule has 0 unspecified atom stereocenters. The second-order valence-corrected chi connectivity index (χ2v) is 5.32. The molecule has 1 aliphatic carbocycles. The lowest BCUT2D eigenvalue weighted by molar-refractivity contribution is -0.0235. The molecule has 0 saturated heterocycles. The summed E-state index contributed by atoms with van der Waals surface area (Å²) in [7, 11) is 0. The number of pyridine rings is 1. The molecule has 0 radical (unpaired) electrons. The summed E-state index contributed by atoms with van der Waals surface area (Å²) >= 11 is 3.27. The van der Waals surface area contributed by atoms with Crippen LogP contribution in [0.2, 0.25) is 0 Å². The van der Waals surface area contributed by atoms with Gasteiger partial charge in [0, 0.05) is 16.7 Å². The highest BCUT2D eigenvalue weighted by atomic mass is 79.9. The zero-order chi connectivity index (χ0) is 11.8. The van der Waals surface area contributed by atoms with E-state index in [-0.39, 0.29) is 6.04 Å². The van der Waals surface area contributed by atoms with Crippen molar-refractivity contribution in [3.05, 3.63) is 22.3 Å². The standard InChI is InChI=1S/C11H12BrN3O/c1-11(16)3-9(4-11)15-10-7(5-13)2-8(12)6-14-10/h2,6,9,16H,3-4H2,1H3,(H,14,15). The van der Waals surface area contributed by atoms with E-state index in [1.165, 1.54) is 0 Å². The van der Waals surface area contributed by atoms with Gasteiger partial charge in [-0.05, 0) is 41.8 Å². The molecule has 1 heterocycles. The molecule has 1 aliphatic rings. The predicted octanol–water partition coefficient (Wildman–Crippen LogP) is 2.04. The minimum absolute atomic E-state index is 0.204. The van der Waals surface area contributed by atoms with Crippen LogP contribution in [0.5, 0.6) is 0 Å². The van der Waals surface area contributed by atoms with Crippen molar-refractivity contribution in [2.75, 3.05) is 5.32 Å². The van der Waals surface area contributed by atoms with Gasteiger partial charge in [-0.25, -0.2) is 4.98 Å². The smallest absolute Gasteiger partial charge is 0.144 e. The molecule has 2 rings (SSSR count). The second kappa shape index (κ2) is 4.04. The summed E-state index contributed by atoms with van der Waals surface area (Å²) in [5, 5.41) is 21.7. The molecule has 0 bridgehead atoms. The number of nitrogens with one attached hydrogen (secondary N) is 1. The topological polar surface area (TPSA) is 68.9 Å². The van der Waals surface area contributed by atoms with Crippen LogP contribution in [-0.4, -0.2) is 21.7 Å². The fourth-order valence-corrected chi connectivity index (χ4v) is 2.27. The van der Waals surface area contributed by atoms with Gasteiger partial charge in [-0.2, -0.15) is 5.26 Å². The zero-order valence-corrected chi connectivity index (χ0v) is 10.5. The Hall–Kier alpha value is -1.12. The first-order chi connectivity index (χ1) is 7.50. The van der Waals surface area contributed by atoms with Gasteiger partial charge < -0.3 is 10.4 Å². The molecule has 1 aromatic rings. The normalized spacial score (nSPS) is 28.0.